The monoisotopic (exact) mass is 665 g/mol. The van der Waals surface area contributed by atoms with Crippen molar-refractivity contribution in [2.45, 2.75) is 0 Å². The molecule has 0 unspecified atom stereocenters. The molecule has 0 amide bonds. The van der Waals surface area contributed by atoms with Crippen LogP contribution in [0.1, 0.15) is 0 Å². The van der Waals surface area contributed by atoms with E-state index >= 15 is 0 Å². The molecule has 0 saturated carbocycles. The Balaban J connectivity index is 1.22. The molecule has 0 fully saturated rings. The lowest BCUT2D eigenvalue weighted by molar-refractivity contribution is 0.669. The van der Waals surface area contributed by atoms with Crippen LogP contribution in [0.2, 0.25) is 0 Å². The zero-order valence-electron chi connectivity index (χ0n) is 27.7. The van der Waals surface area contributed by atoms with Gasteiger partial charge in [-0.05, 0) is 87.3 Å². The first-order chi connectivity index (χ1) is 25.7. The van der Waals surface area contributed by atoms with Gasteiger partial charge in [0.1, 0.15) is 22.3 Å². The summed E-state index contributed by atoms with van der Waals surface area (Å²) in [4.78, 5) is 15.7. The van der Waals surface area contributed by atoms with Gasteiger partial charge in [0.05, 0.1) is 0 Å². The number of furan rings is 2. The number of hydrogen-bond donors (Lipinski definition) is 0. The van der Waals surface area contributed by atoms with Crippen molar-refractivity contribution in [3.63, 3.8) is 0 Å². The van der Waals surface area contributed by atoms with E-state index in [-0.39, 0.29) is 0 Å². The minimum absolute atomic E-state index is 0.573. The molecular formula is C47H27N3O2. The van der Waals surface area contributed by atoms with E-state index in [9.17, 15) is 0 Å². The first kappa shape index (κ1) is 28.7. The SMILES string of the molecule is c1ccc(-c2cc(-c3nc(-c4ccc5ccccc5c4)nc(-c4ccc5oc6ccccc6c5c4)n3)c3c(c2)oc2cc4ccccc4cc23)cc1. The molecule has 0 N–H and O–H groups in total. The van der Waals surface area contributed by atoms with E-state index < -0.39 is 0 Å². The Bertz CT molecular complexity index is 3190. The molecule has 3 heterocycles. The molecule has 0 radical (unpaired) electrons. The third-order valence-corrected chi connectivity index (χ3v) is 10.1. The predicted molar refractivity (Wildman–Crippen MR) is 211 cm³/mol. The van der Waals surface area contributed by atoms with E-state index in [4.69, 9.17) is 23.8 Å². The smallest absolute Gasteiger partial charge is 0.164 e. The molecule has 0 atom stereocenters. The lowest BCUT2D eigenvalue weighted by atomic mass is 9.97. The summed E-state index contributed by atoms with van der Waals surface area (Å²) >= 11 is 0. The Morgan fingerprint density at radius 2 is 0.923 bits per heavy atom. The van der Waals surface area contributed by atoms with E-state index in [1.165, 1.54) is 0 Å². The van der Waals surface area contributed by atoms with Gasteiger partial charge >= 0.3 is 0 Å². The van der Waals surface area contributed by atoms with Crippen LogP contribution in [0, 0.1) is 0 Å². The average molecular weight is 666 g/mol. The van der Waals surface area contributed by atoms with E-state index in [2.05, 4.69) is 127 Å². The summed E-state index contributed by atoms with van der Waals surface area (Å²) in [6.45, 7) is 0. The highest BCUT2D eigenvalue weighted by Crippen LogP contribution is 2.41. The van der Waals surface area contributed by atoms with Crippen molar-refractivity contribution >= 4 is 65.4 Å². The van der Waals surface area contributed by atoms with Crippen molar-refractivity contribution in [3.05, 3.63) is 164 Å². The number of fused-ring (bicyclic) bond motifs is 8. The Hall–Kier alpha value is -7.11. The fourth-order valence-corrected chi connectivity index (χ4v) is 7.51. The second-order valence-corrected chi connectivity index (χ2v) is 13.2. The maximum absolute atomic E-state index is 6.66. The van der Waals surface area contributed by atoms with Gasteiger partial charge < -0.3 is 8.83 Å². The van der Waals surface area contributed by atoms with Gasteiger partial charge in [-0.3, -0.25) is 0 Å². The highest BCUT2D eigenvalue weighted by atomic mass is 16.3. The van der Waals surface area contributed by atoms with Crippen LogP contribution >= 0.6 is 0 Å². The molecule has 0 aliphatic rings. The number of para-hydroxylation sites is 1. The number of benzene rings is 8. The lowest BCUT2D eigenvalue weighted by Gasteiger charge is -2.11. The summed E-state index contributed by atoms with van der Waals surface area (Å²) in [6.07, 6.45) is 0. The number of hydrogen-bond acceptors (Lipinski definition) is 5. The predicted octanol–water partition coefficient (Wildman–Crippen LogP) is 12.6. The highest BCUT2D eigenvalue weighted by molar-refractivity contribution is 6.16. The Morgan fingerprint density at radius 1 is 0.308 bits per heavy atom. The topological polar surface area (TPSA) is 65.0 Å². The molecule has 11 aromatic rings. The van der Waals surface area contributed by atoms with Crippen molar-refractivity contribution in [1.29, 1.82) is 0 Å². The van der Waals surface area contributed by atoms with Gasteiger partial charge in [0.15, 0.2) is 17.5 Å². The lowest BCUT2D eigenvalue weighted by Crippen LogP contribution is -2.01. The second kappa shape index (κ2) is 11.2. The Kier molecular flexibility index (Phi) is 6.18. The molecule has 0 aliphatic heterocycles. The molecule has 0 bridgehead atoms. The fourth-order valence-electron chi connectivity index (χ4n) is 7.51. The van der Waals surface area contributed by atoms with Crippen LogP contribution in [-0.4, -0.2) is 15.0 Å². The van der Waals surface area contributed by atoms with Crippen molar-refractivity contribution in [2.75, 3.05) is 0 Å². The van der Waals surface area contributed by atoms with Crippen LogP contribution in [0.15, 0.2) is 173 Å². The minimum atomic E-state index is 0.573. The molecule has 242 valence electrons. The van der Waals surface area contributed by atoms with Crippen molar-refractivity contribution in [3.8, 4) is 45.3 Å². The average Bonchev–Trinajstić information content (AvgIpc) is 3.77. The summed E-state index contributed by atoms with van der Waals surface area (Å²) in [5.74, 6) is 1.75. The van der Waals surface area contributed by atoms with Gasteiger partial charge in [0, 0.05) is 38.2 Å². The first-order valence-electron chi connectivity index (χ1n) is 17.3. The zero-order chi connectivity index (χ0) is 34.2. The molecule has 0 saturated heterocycles. The van der Waals surface area contributed by atoms with Crippen LogP contribution in [0.4, 0.5) is 0 Å². The van der Waals surface area contributed by atoms with Gasteiger partial charge in [-0.15, -0.1) is 0 Å². The summed E-state index contributed by atoms with van der Waals surface area (Å²) in [5.41, 5.74) is 8.05. The maximum atomic E-state index is 6.66. The first-order valence-corrected chi connectivity index (χ1v) is 17.3. The fraction of sp³-hybridized carbons (Fsp3) is 0. The van der Waals surface area contributed by atoms with Crippen LogP contribution in [0.5, 0.6) is 0 Å². The normalized spacial score (nSPS) is 11.8. The Morgan fingerprint density at radius 3 is 1.75 bits per heavy atom. The van der Waals surface area contributed by atoms with E-state index in [1.807, 2.05) is 36.4 Å². The number of nitrogens with zero attached hydrogens (tertiary/aromatic N) is 3. The van der Waals surface area contributed by atoms with Crippen LogP contribution in [0.25, 0.3) is 111 Å². The second-order valence-electron chi connectivity index (χ2n) is 13.2. The molecule has 0 spiro atoms. The summed E-state index contributed by atoms with van der Waals surface area (Å²) in [7, 11) is 0. The van der Waals surface area contributed by atoms with Gasteiger partial charge in [-0.25, -0.2) is 15.0 Å². The largest absolute Gasteiger partial charge is 0.456 e. The third kappa shape index (κ3) is 4.60. The van der Waals surface area contributed by atoms with E-state index in [0.29, 0.717) is 17.5 Å². The van der Waals surface area contributed by atoms with Gasteiger partial charge in [0.25, 0.3) is 0 Å². The van der Waals surface area contributed by atoms with Crippen molar-refractivity contribution < 1.29 is 8.83 Å². The summed E-state index contributed by atoms with van der Waals surface area (Å²) < 4.78 is 12.8. The molecule has 5 nitrogen and oxygen atoms in total. The van der Waals surface area contributed by atoms with Crippen molar-refractivity contribution in [2.24, 2.45) is 0 Å². The maximum Gasteiger partial charge on any atom is 0.164 e. The van der Waals surface area contributed by atoms with Gasteiger partial charge in [-0.1, -0.05) is 109 Å². The Labute approximate surface area is 297 Å². The quantitative estimate of drug-likeness (QED) is 0.187. The standard InChI is InChI=1S/C47H27N3O2/c1-2-10-28(11-3-1)35-25-39(44-38-23-31-14-6-7-15-32(31)26-42(38)52-43(44)27-35)47-49-45(33-19-18-29-12-4-5-13-30(29)22-33)48-46(50-47)34-20-21-41-37(24-34)36-16-8-9-17-40(36)51-41/h1-27H. The van der Waals surface area contributed by atoms with Crippen LogP contribution in [0.3, 0.4) is 0 Å². The van der Waals surface area contributed by atoms with Gasteiger partial charge in [0.2, 0.25) is 0 Å². The molecule has 3 aromatic heterocycles. The third-order valence-electron chi connectivity index (χ3n) is 10.1. The minimum Gasteiger partial charge on any atom is -0.456 e. The highest BCUT2D eigenvalue weighted by Gasteiger charge is 2.21. The molecule has 52 heavy (non-hydrogen) atoms. The number of rotatable bonds is 4. The molecule has 11 rings (SSSR count). The molecule has 8 aromatic carbocycles. The van der Waals surface area contributed by atoms with Crippen molar-refractivity contribution in [1.82, 2.24) is 15.0 Å². The van der Waals surface area contributed by atoms with Crippen LogP contribution in [-0.2, 0) is 0 Å². The van der Waals surface area contributed by atoms with E-state index in [0.717, 1.165) is 93.2 Å². The van der Waals surface area contributed by atoms with Gasteiger partial charge in [-0.2, -0.15) is 0 Å². The summed E-state index contributed by atoms with van der Waals surface area (Å²) in [5, 5.41) is 8.61. The molecule has 0 aliphatic carbocycles. The molecule has 5 heteroatoms. The summed E-state index contributed by atoms with van der Waals surface area (Å²) in [6, 6.07) is 56.4. The van der Waals surface area contributed by atoms with Crippen LogP contribution < -0.4 is 0 Å². The zero-order valence-corrected chi connectivity index (χ0v) is 27.7. The van der Waals surface area contributed by atoms with E-state index in [1.54, 1.807) is 0 Å². The number of aromatic nitrogens is 3. The molecular weight excluding hydrogens is 639 g/mol.